The highest BCUT2D eigenvalue weighted by Gasteiger charge is 2.17. The first-order valence-corrected chi connectivity index (χ1v) is 5.81. The van der Waals surface area contributed by atoms with Gasteiger partial charge in [0, 0.05) is 10.2 Å². The molecule has 0 saturated heterocycles. The van der Waals surface area contributed by atoms with Gasteiger partial charge in [0.2, 0.25) is 0 Å². The highest BCUT2D eigenvalue weighted by atomic mass is 127. The van der Waals surface area contributed by atoms with Gasteiger partial charge in [-0.2, -0.15) is 0 Å². The molecule has 1 aromatic heterocycles. The molecule has 6 heteroatoms. The monoisotopic (exact) mass is 320 g/mol. The fourth-order valence-corrected chi connectivity index (χ4v) is 2.93. The molecule has 0 fully saturated rings. The van der Waals surface area contributed by atoms with Crippen molar-refractivity contribution in [1.29, 1.82) is 0 Å². The number of aromatic hydroxyl groups is 1. The predicted molar refractivity (Wildman–Crippen MR) is 66.0 cm³/mol. The molecule has 0 aliphatic rings. The van der Waals surface area contributed by atoms with Crippen molar-refractivity contribution >= 4 is 56.6 Å². The van der Waals surface area contributed by atoms with Gasteiger partial charge in [0.05, 0.1) is 3.57 Å². The Morgan fingerprint density at radius 3 is 2.64 bits per heavy atom. The second-order valence-corrected chi connectivity index (χ2v) is 4.94. The maximum atomic E-state index is 9.48. The van der Waals surface area contributed by atoms with Crippen molar-refractivity contribution in [3.8, 4) is 5.75 Å². The van der Waals surface area contributed by atoms with Crippen LogP contribution in [0, 0.1) is 3.57 Å². The van der Waals surface area contributed by atoms with Crippen molar-refractivity contribution in [2.75, 3.05) is 0 Å². The van der Waals surface area contributed by atoms with Crippen LogP contribution in [-0.4, -0.2) is 22.3 Å². The molecular weight excluding hydrogens is 314 g/mol. The van der Waals surface area contributed by atoms with Crippen LogP contribution in [0.1, 0.15) is 0 Å². The van der Waals surface area contributed by atoms with Gasteiger partial charge in [-0.25, -0.2) is 0 Å². The van der Waals surface area contributed by atoms with Crippen LogP contribution in [0.3, 0.4) is 0 Å². The van der Waals surface area contributed by atoms with Crippen LogP contribution < -0.4 is 5.46 Å². The normalized spacial score (nSPS) is 10.8. The Labute approximate surface area is 98.3 Å². The van der Waals surface area contributed by atoms with Gasteiger partial charge in [0.1, 0.15) is 5.75 Å². The largest absolute Gasteiger partial charge is 0.507 e. The summed E-state index contributed by atoms with van der Waals surface area (Å²) >= 11 is 3.46. The number of benzene rings is 1. The molecule has 0 aliphatic carbocycles. The number of fused-ring (bicyclic) bond motifs is 1. The topological polar surface area (TPSA) is 60.7 Å². The number of phenols is 1. The SMILES string of the molecule is OB(O)c1csc2cc(I)c(O)cc12. The van der Waals surface area contributed by atoms with Crippen LogP contribution in [0.25, 0.3) is 10.1 Å². The summed E-state index contributed by atoms with van der Waals surface area (Å²) in [6, 6.07) is 3.38. The Morgan fingerprint density at radius 1 is 1.29 bits per heavy atom. The Morgan fingerprint density at radius 2 is 2.00 bits per heavy atom. The van der Waals surface area contributed by atoms with E-state index >= 15 is 0 Å². The molecule has 0 bridgehead atoms. The Bertz CT molecular complexity index is 483. The molecule has 2 rings (SSSR count). The molecule has 3 nitrogen and oxygen atoms in total. The summed E-state index contributed by atoms with van der Waals surface area (Å²) in [5, 5.41) is 30.0. The minimum Gasteiger partial charge on any atom is -0.507 e. The summed E-state index contributed by atoms with van der Waals surface area (Å²) in [5.41, 5.74) is 0.441. The fraction of sp³-hybridized carbons (Fsp3) is 0. The van der Waals surface area contributed by atoms with E-state index in [4.69, 9.17) is 10.0 Å². The molecule has 0 atom stereocenters. The van der Waals surface area contributed by atoms with E-state index < -0.39 is 7.12 Å². The zero-order valence-electron chi connectivity index (χ0n) is 6.94. The second kappa shape index (κ2) is 3.69. The smallest absolute Gasteiger partial charge is 0.489 e. The molecule has 0 radical (unpaired) electrons. The summed E-state index contributed by atoms with van der Waals surface area (Å²) in [5.74, 6) is 0.165. The second-order valence-electron chi connectivity index (χ2n) is 2.86. The van der Waals surface area contributed by atoms with Gasteiger partial charge in [0.15, 0.2) is 0 Å². The van der Waals surface area contributed by atoms with Crippen molar-refractivity contribution < 1.29 is 15.2 Å². The third kappa shape index (κ3) is 1.62. The van der Waals surface area contributed by atoms with Gasteiger partial charge in [-0.15, -0.1) is 11.3 Å². The molecule has 1 heterocycles. The number of phenolic OH excluding ortho intramolecular Hbond substituents is 1. The third-order valence-corrected chi connectivity index (χ3v) is 3.78. The van der Waals surface area contributed by atoms with E-state index in [2.05, 4.69) is 0 Å². The van der Waals surface area contributed by atoms with Crippen molar-refractivity contribution in [2.45, 2.75) is 0 Å². The molecule has 14 heavy (non-hydrogen) atoms. The Kier molecular flexibility index (Phi) is 2.69. The highest BCUT2D eigenvalue weighted by molar-refractivity contribution is 14.1. The number of hydrogen-bond donors (Lipinski definition) is 3. The average molecular weight is 320 g/mol. The molecule has 0 saturated carbocycles. The van der Waals surface area contributed by atoms with Crippen molar-refractivity contribution in [3.63, 3.8) is 0 Å². The quantitative estimate of drug-likeness (QED) is 0.540. The summed E-state index contributed by atoms with van der Waals surface area (Å²) in [7, 11) is -1.48. The zero-order chi connectivity index (χ0) is 10.3. The summed E-state index contributed by atoms with van der Waals surface area (Å²) < 4.78 is 1.70. The van der Waals surface area contributed by atoms with E-state index in [9.17, 15) is 5.11 Å². The van der Waals surface area contributed by atoms with Crippen LogP contribution in [-0.2, 0) is 0 Å². The molecule has 72 valence electrons. The molecule has 0 aliphatic heterocycles. The van der Waals surface area contributed by atoms with Crippen LogP contribution in [0.15, 0.2) is 17.5 Å². The molecule has 2 aromatic rings. The van der Waals surface area contributed by atoms with Gasteiger partial charge < -0.3 is 15.2 Å². The lowest BCUT2D eigenvalue weighted by atomic mass is 9.80. The van der Waals surface area contributed by atoms with E-state index in [1.165, 1.54) is 11.3 Å². The molecule has 1 aromatic carbocycles. The van der Waals surface area contributed by atoms with Crippen molar-refractivity contribution in [1.82, 2.24) is 0 Å². The summed E-state index contributed by atoms with van der Waals surface area (Å²) in [6.45, 7) is 0. The van der Waals surface area contributed by atoms with Gasteiger partial charge in [0.25, 0.3) is 0 Å². The number of halogens is 1. The maximum Gasteiger partial charge on any atom is 0.489 e. The van der Waals surface area contributed by atoms with Crippen LogP contribution >= 0.6 is 33.9 Å². The number of rotatable bonds is 1. The first kappa shape index (κ1) is 10.2. The first-order chi connectivity index (χ1) is 6.59. The number of hydrogen-bond acceptors (Lipinski definition) is 4. The minimum atomic E-state index is -1.48. The summed E-state index contributed by atoms with van der Waals surface area (Å²) in [4.78, 5) is 0. The highest BCUT2D eigenvalue weighted by Crippen LogP contribution is 2.28. The van der Waals surface area contributed by atoms with Crippen molar-refractivity contribution in [3.05, 3.63) is 21.1 Å². The van der Waals surface area contributed by atoms with Crippen molar-refractivity contribution in [2.24, 2.45) is 0 Å². The molecular formula is C8H6BIO3S. The Hall–Kier alpha value is -0.305. The van der Waals surface area contributed by atoms with E-state index in [-0.39, 0.29) is 5.75 Å². The zero-order valence-corrected chi connectivity index (χ0v) is 9.91. The van der Waals surface area contributed by atoms with Crippen LogP contribution in [0.2, 0.25) is 0 Å². The first-order valence-electron chi connectivity index (χ1n) is 3.85. The van der Waals surface area contributed by atoms with Crippen LogP contribution in [0.5, 0.6) is 5.75 Å². The molecule has 0 amide bonds. The van der Waals surface area contributed by atoms with E-state index in [0.29, 0.717) is 10.8 Å². The lowest BCUT2D eigenvalue weighted by Crippen LogP contribution is -2.28. The fourth-order valence-electron chi connectivity index (χ4n) is 1.26. The molecule has 3 N–H and O–H groups in total. The molecule has 0 unspecified atom stereocenters. The average Bonchev–Trinajstić information content (AvgIpc) is 2.48. The lowest BCUT2D eigenvalue weighted by molar-refractivity contribution is 0.426. The summed E-state index contributed by atoms with van der Waals surface area (Å²) in [6.07, 6.45) is 0. The third-order valence-electron chi connectivity index (χ3n) is 1.95. The maximum absolute atomic E-state index is 9.48. The van der Waals surface area contributed by atoms with E-state index in [0.717, 1.165) is 8.27 Å². The van der Waals surface area contributed by atoms with Gasteiger partial charge in [-0.05, 0) is 45.5 Å². The van der Waals surface area contributed by atoms with E-state index in [1.807, 2.05) is 28.7 Å². The Balaban J connectivity index is 2.74. The van der Waals surface area contributed by atoms with Gasteiger partial charge in [-0.1, -0.05) is 0 Å². The number of thiophene rings is 1. The van der Waals surface area contributed by atoms with Crippen LogP contribution in [0.4, 0.5) is 0 Å². The standard InChI is InChI=1S/C8H6BIO3S/c10-6-2-8-4(1-7(6)11)5(3-14-8)9(12)13/h1-3,11-13H. The van der Waals surface area contributed by atoms with Gasteiger partial charge in [-0.3, -0.25) is 0 Å². The van der Waals surface area contributed by atoms with E-state index in [1.54, 1.807) is 11.4 Å². The predicted octanol–water partition coefficient (Wildman–Crippen LogP) is 0.891. The van der Waals surface area contributed by atoms with Gasteiger partial charge >= 0.3 is 7.12 Å². The molecule has 0 spiro atoms. The lowest BCUT2D eigenvalue weighted by Gasteiger charge is -1.99. The minimum absolute atomic E-state index is 0.165.